The van der Waals surface area contributed by atoms with E-state index in [0.717, 1.165) is 43.8 Å². The van der Waals surface area contributed by atoms with Crippen molar-refractivity contribution in [3.8, 4) is 51.3 Å². The first kappa shape index (κ1) is 36.5. The van der Waals surface area contributed by atoms with Crippen molar-refractivity contribution >= 4 is 44.1 Å². The molecule has 14 nitrogen and oxygen atoms in total. The minimum absolute atomic E-state index is 0. The van der Waals surface area contributed by atoms with Crippen LogP contribution in [0.4, 0.5) is 0 Å². The molecule has 0 spiro atoms. The summed E-state index contributed by atoms with van der Waals surface area (Å²) < 4.78 is 37.9. The van der Waals surface area contributed by atoms with Crippen molar-refractivity contribution < 1.29 is 47.9 Å². The molecule has 5 atom stereocenters. The molecule has 0 radical (unpaired) electrons. The minimum Gasteiger partial charge on any atom is -0.491 e. The summed E-state index contributed by atoms with van der Waals surface area (Å²) in [4.78, 5) is 40.1. The van der Waals surface area contributed by atoms with Gasteiger partial charge in [-0.15, -0.1) is 0 Å². The van der Waals surface area contributed by atoms with Crippen molar-refractivity contribution in [2.45, 2.75) is 70.0 Å². The van der Waals surface area contributed by atoms with Crippen LogP contribution >= 0.6 is 0 Å². The van der Waals surface area contributed by atoms with Gasteiger partial charge in [0.05, 0.1) is 23.3 Å². The Balaban J connectivity index is 0.00000397. The van der Waals surface area contributed by atoms with E-state index in [2.05, 4.69) is 0 Å². The second-order valence-electron chi connectivity index (χ2n) is 15.8. The second kappa shape index (κ2) is 13.2. The molecule has 0 amide bonds. The minimum atomic E-state index is -0.824. The van der Waals surface area contributed by atoms with E-state index in [9.17, 15) is 0 Å². The summed E-state index contributed by atoms with van der Waals surface area (Å²) in [7, 11) is 0. The van der Waals surface area contributed by atoms with Crippen LogP contribution < -0.4 is 14.7 Å². The van der Waals surface area contributed by atoms with E-state index in [1.807, 2.05) is 119 Å². The van der Waals surface area contributed by atoms with Crippen LogP contribution in [0.1, 0.15) is 27.7 Å². The molecule has 3 aromatic heterocycles. The molecule has 15 heteroatoms. The quantitative estimate of drug-likeness (QED) is 0.169. The Bertz CT molecular complexity index is 3030. The summed E-state index contributed by atoms with van der Waals surface area (Å²) in [6, 6.07) is 29.4. The summed E-state index contributed by atoms with van der Waals surface area (Å²) >= 11 is 0. The van der Waals surface area contributed by atoms with E-state index < -0.39 is 42.3 Å². The molecule has 5 aliphatic rings. The molecule has 0 unspecified atom stereocenters. The maximum absolute atomic E-state index is 6.48. The van der Waals surface area contributed by atoms with Crippen LogP contribution in [0.25, 0.3) is 89.7 Å². The van der Waals surface area contributed by atoms with Gasteiger partial charge in [-0.1, -0.05) is 72.8 Å². The van der Waals surface area contributed by atoms with Crippen LogP contribution in [-0.4, -0.2) is 78.8 Å². The third-order valence-electron chi connectivity index (χ3n) is 11.1. The van der Waals surface area contributed by atoms with Gasteiger partial charge in [0.25, 0.3) is 0 Å². The first-order valence-electron chi connectivity index (χ1n) is 19.3. The van der Waals surface area contributed by atoms with Crippen LogP contribution in [0.15, 0.2) is 91.0 Å². The van der Waals surface area contributed by atoms with E-state index in [1.165, 1.54) is 0 Å². The molecule has 5 aliphatic heterocycles. The molecule has 3 saturated heterocycles. The zero-order valence-corrected chi connectivity index (χ0v) is 35.5. The Kier molecular flexibility index (Phi) is 8.20. The fraction of sp³-hybridized carbons (Fsp3) is 0.273. The van der Waals surface area contributed by atoms with Gasteiger partial charge in [0.15, 0.2) is 17.9 Å². The second-order valence-corrected chi connectivity index (χ2v) is 15.8. The van der Waals surface area contributed by atoms with E-state index in [1.54, 1.807) is 0 Å². The molecule has 0 aliphatic carbocycles. The largest absolute Gasteiger partial charge is 2.00 e. The first-order valence-corrected chi connectivity index (χ1v) is 19.3. The maximum atomic E-state index is 6.48. The third-order valence-corrected chi connectivity index (χ3v) is 11.1. The average Bonchev–Trinajstić information content (AvgIpc) is 4.05. The van der Waals surface area contributed by atoms with Gasteiger partial charge in [0.1, 0.15) is 36.8 Å². The van der Waals surface area contributed by atoms with Crippen LogP contribution in [0, 0.1) is 0 Å². The number of fused-ring (bicyclic) bond motifs is 23. The Morgan fingerprint density at radius 1 is 0.508 bits per heavy atom. The van der Waals surface area contributed by atoms with Crippen molar-refractivity contribution in [3.63, 3.8) is 0 Å². The van der Waals surface area contributed by atoms with Gasteiger partial charge in [-0.25, -0.2) is 9.97 Å². The van der Waals surface area contributed by atoms with Crippen molar-refractivity contribution in [1.29, 1.82) is 0 Å². The number of rotatable bonds is 3. The Morgan fingerprint density at radius 2 is 0.949 bits per heavy atom. The molecule has 8 heterocycles. The molecule has 0 N–H and O–H groups in total. The molecular weight excluding hydrogens is 802 g/mol. The normalized spacial score (nSPS) is 23.3. The zero-order valence-electron chi connectivity index (χ0n) is 32.5. The molecule has 8 bridgehead atoms. The van der Waals surface area contributed by atoms with Crippen molar-refractivity contribution in [1.82, 2.24) is 39.9 Å². The summed E-state index contributed by atoms with van der Waals surface area (Å²) in [5.41, 5.74) is 5.15. The van der Waals surface area contributed by atoms with Crippen LogP contribution in [0.3, 0.4) is 0 Å². The van der Waals surface area contributed by atoms with Crippen molar-refractivity contribution in [2.75, 3.05) is 6.61 Å². The number of ether oxygens (including phenoxy) is 6. The molecule has 4 aromatic carbocycles. The molecular formula is C44H34N8O6Zn. The number of benzene rings is 4. The Hall–Kier alpha value is -5.54. The number of hydrogen-bond donors (Lipinski definition) is 0. The first-order chi connectivity index (χ1) is 28.1. The fourth-order valence-electron chi connectivity index (χ4n) is 8.58. The smallest absolute Gasteiger partial charge is 0.491 e. The van der Waals surface area contributed by atoms with E-state index in [0.29, 0.717) is 51.6 Å². The standard InChI is InChI=1S/C44H34N8O6.Zn/c1-43(2)55-31-30(54-42-33(32(31)56-43)57-44(3,4)58-42)20-53-21-17-18-28-29(19-21)41-51-39-27-16-10-9-15-26(27)37(49-39)47-35-23-12-6-5-11-22(23)34(45-35)46-36-24-13-7-8-14-25(24)38(48-36)50-40(28)52-41;/h5-19,30-33,42H,20H2,1-4H3;/q-2;+2/t30-,31+,32+,33-,42-;/m1./s1. The van der Waals surface area contributed by atoms with Crippen LogP contribution in [0.2, 0.25) is 0 Å². The van der Waals surface area contributed by atoms with Crippen molar-refractivity contribution in [3.05, 3.63) is 91.0 Å². The van der Waals surface area contributed by atoms with Gasteiger partial charge >= 0.3 is 19.5 Å². The Morgan fingerprint density at radius 3 is 1.49 bits per heavy atom. The molecule has 0 saturated carbocycles. The zero-order chi connectivity index (χ0) is 38.9. The summed E-state index contributed by atoms with van der Waals surface area (Å²) in [6.07, 6.45) is -2.38. The third kappa shape index (κ3) is 5.98. The number of aromatic nitrogens is 8. The topological polar surface area (TPSA) is 161 Å². The molecule has 7 aromatic rings. The average molecular weight is 836 g/mol. The molecule has 288 valence electrons. The predicted molar refractivity (Wildman–Crippen MR) is 212 cm³/mol. The Labute approximate surface area is 349 Å². The number of hydrogen-bond acceptors (Lipinski definition) is 12. The molecule has 12 rings (SSSR count). The summed E-state index contributed by atoms with van der Waals surface area (Å²) in [5, 5.41) is 3.34. The van der Waals surface area contributed by atoms with E-state index >= 15 is 0 Å². The van der Waals surface area contributed by atoms with Gasteiger partial charge in [-0.05, 0) is 67.4 Å². The van der Waals surface area contributed by atoms with Gasteiger partial charge in [0.2, 0.25) is 0 Å². The van der Waals surface area contributed by atoms with Gasteiger partial charge in [-0.3, -0.25) is 0 Å². The molecule has 3 fully saturated rings. The maximum Gasteiger partial charge on any atom is 2.00 e. The van der Waals surface area contributed by atoms with Crippen molar-refractivity contribution in [2.24, 2.45) is 0 Å². The van der Waals surface area contributed by atoms with E-state index in [-0.39, 0.29) is 26.1 Å². The predicted octanol–water partition coefficient (Wildman–Crippen LogP) is 6.90. The van der Waals surface area contributed by atoms with Crippen LogP contribution in [0.5, 0.6) is 5.75 Å². The van der Waals surface area contributed by atoms with Gasteiger partial charge in [0, 0.05) is 44.8 Å². The SMILES string of the molecule is CC1(C)O[C@H]2[C@@H](O1)[C@@H](COc1ccc3c(c1)-c1nc-3nc3[n-]c(nc4nc(nc5[n-]c(n1)c1ccccc51)-c1ccccc1-4)c1ccccc31)O[C@@H]1OC(C)(C)O[C@@H]12.[Zn+2]. The van der Waals surface area contributed by atoms with Gasteiger partial charge in [-0.2, -0.15) is 0 Å². The number of nitrogens with zero attached hydrogens (tertiary/aromatic N) is 8. The van der Waals surface area contributed by atoms with Crippen LogP contribution in [-0.2, 0) is 43.2 Å². The summed E-state index contributed by atoms with van der Waals surface area (Å²) in [5.74, 6) is 0.830. The fourth-order valence-corrected chi connectivity index (χ4v) is 8.58. The van der Waals surface area contributed by atoms with E-state index in [4.69, 9.17) is 68.3 Å². The van der Waals surface area contributed by atoms with Gasteiger partial charge < -0.3 is 58.3 Å². The summed E-state index contributed by atoms with van der Waals surface area (Å²) in [6.45, 7) is 7.67. The molecule has 59 heavy (non-hydrogen) atoms. The monoisotopic (exact) mass is 834 g/mol.